The van der Waals surface area contributed by atoms with E-state index in [0.29, 0.717) is 6.42 Å². The van der Waals surface area contributed by atoms with Crippen LogP contribution in [0.5, 0.6) is 0 Å². The number of rotatable bonds is 6. The van der Waals surface area contributed by atoms with Gasteiger partial charge in [0.2, 0.25) is 0 Å². The standard InChI is InChI=1S/C15H20N4/c1-2-13(17)10-12-11-19(9-4-3-7-16)15-14(12)6-5-8-18-15/h5-6,8,11,13H,2-4,9-10,17H2,1H3. The van der Waals surface area contributed by atoms with Gasteiger partial charge in [-0.25, -0.2) is 4.98 Å². The Bertz CT molecular complexity index is 579. The Hall–Kier alpha value is -1.86. The summed E-state index contributed by atoms with van der Waals surface area (Å²) in [6.45, 7) is 2.94. The van der Waals surface area contributed by atoms with Crippen molar-refractivity contribution in [3.8, 4) is 6.07 Å². The molecule has 0 amide bonds. The van der Waals surface area contributed by atoms with Gasteiger partial charge in [-0.1, -0.05) is 6.92 Å². The SMILES string of the molecule is CCC(N)Cc1cn(CCCC#N)c2ncccc12. The Labute approximate surface area is 113 Å². The molecule has 1 atom stereocenters. The second kappa shape index (κ2) is 6.35. The Morgan fingerprint density at radius 1 is 1.53 bits per heavy atom. The predicted molar refractivity (Wildman–Crippen MR) is 76.6 cm³/mol. The molecule has 0 saturated carbocycles. The number of nitriles is 1. The van der Waals surface area contributed by atoms with E-state index in [2.05, 4.69) is 34.8 Å². The fourth-order valence-corrected chi connectivity index (χ4v) is 2.28. The minimum absolute atomic E-state index is 0.193. The van der Waals surface area contributed by atoms with E-state index in [0.717, 1.165) is 31.5 Å². The molecule has 0 spiro atoms. The molecule has 2 aromatic heterocycles. The fourth-order valence-electron chi connectivity index (χ4n) is 2.28. The van der Waals surface area contributed by atoms with Crippen molar-refractivity contribution in [1.82, 2.24) is 9.55 Å². The number of unbranched alkanes of at least 4 members (excludes halogenated alkanes) is 1. The van der Waals surface area contributed by atoms with Gasteiger partial charge in [0.05, 0.1) is 6.07 Å². The third-order valence-electron chi connectivity index (χ3n) is 3.41. The topological polar surface area (TPSA) is 67.6 Å². The summed E-state index contributed by atoms with van der Waals surface area (Å²) in [5.41, 5.74) is 8.31. The van der Waals surface area contributed by atoms with Crippen molar-refractivity contribution in [2.75, 3.05) is 0 Å². The molecule has 0 aliphatic heterocycles. The van der Waals surface area contributed by atoms with Crippen LogP contribution < -0.4 is 5.73 Å². The summed E-state index contributed by atoms with van der Waals surface area (Å²) in [7, 11) is 0. The van der Waals surface area contributed by atoms with Crippen LogP contribution >= 0.6 is 0 Å². The number of nitrogens with two attached hydrogens (primary N) is 1. The molecule has 19 heavy (non-hydrogen) atoms. The first-order valence-electron chi connectivity index (χ1n) is 6.81. The second-order valence-electron chi connectivity index (χ2n) is 4.86. The third kappa shape index (κ3) is 3.12. The van der Waals surface area contributed by atoms with Crippen LogP contribution in [-0.4, -0.2) is 15.6 Å². The molecule has 2 rings (SSSR count). The Morgan fingerprint density at radius 2 is 2.37 bits per heavy atom. The average Bonchev–Trinajstić information content (AvgIpc) is 2.78. The molecule has 0 aliphatic rings. The van der Waals surface area contributed by atoms with Crippen molar-refractivity contribution < 1.29 is 0 Å². The van der Waals surface area contributed by atoms with E-state index < -0.39 is 0 Å². The highest BCUT2D eigenvalue weighted by Crippen LogP contribution is 2.21. The van der Waals surface area contributed by atoms with E-state index in [9.17, 15) is 0 Å². The van der Waals surface area contributed by atoms with E-state index in [1.54, 1.807) is 0 Å². The first-order chi connectivity index (χ1) is 9.26. The molecule has 4 heteroatoms. The summed E-state index contributed by atoms with van der Waals surface area (Å²) in [5, 5.41) is 9.81. The molecule has 2 heterocycles. The summed E-state index contributed by atoms with van der Waals surface area (Å²) < 4.78 is 2.14. The summed E-state index contributed by atoms with van der Waals surface area (Å²) in [4.78, 5) is 4.45. The molecule has 1 unspecified atom stereocenters. The normalized spacial score (nSPS) is 12.5. The molecule has 2 N–H and O–H groups in total. The van der Waals surface area contributed by atoms with Crippen molar-refractivity contribution in [3.63, 3.8) is 0 Å². The van der Waals surface area contributed by atoms with Crippen LogP contribution in [0.3, 0.4) is 0 Å². The molecular weight excluding hydrogens is 236 g/mol. The van der Waals surface area contributed by atoms with Crippen molar-refractivity contribution >= 4 is 11.0 Å². The van der Waals surface area contributed by atoms with Crippen LogP contribution in [0.25, 0.3) is 11.0 Å². The van der Waals surface area contributed by atoms with Gasteiger partial charge in [0.25, 0.3) is 0 Å². The lowest BCUT2D eigenvalue weighted by Crippen LogP contribution is -2.21. The molecule has 0 bridgehead atoms. The van der Waals surface area contributed by atoms with Crippen LogP contribution in [0, 0.1) is 11.3 Å². The van der Waals surface area contributed by atoms with Gasteiger partial charge in [0.1, 0.15) is 5.65 Å². The lowest BCUT2D eigenvalue weighted by Gasteiger charge is -2.06. The van der Waals surface area contributed by atoms with Gasteiger partial charge in [-0.3, -0.25) is 0 Å². The van der Waals surface area contributed by atoms with Gasteiger partial charge >= 0.3 is 0 Å². The number of hydrogen-bond donors (Lipinski definition) is 1. The molecule has 0 aliphatic carbocycles. The van der Waals surface area contributed by atoms with E-state index in [1.165, 1.54) is 10.9 Å². The number of aryl methyl sites for hydroxylation is 1. The molecule has 2 aromatic rings. The Balaban J connectivity index is 2.29. The number of fused-ring (bicyclic) bond motifs is 1. The number of hydrogen-bond acceptors (Lipinski definition) is 3. The zero-order valence-corrected chi connectivity index (χ0v) is 11.3. The number of pyridine rings is 1. The lowest BCUT2D eigenvalue weighted by atomic mass is 10.1. The van der Waals surface area contributed by atoms with Gasteiger partial charge in [0, 0.05) is 36.8 Å². The van der Waals surface area contributed by atoms with E-state index in [4.69, 9.17) is 11.0 Å². The van der Waals surface area contributed by atoms with Crippen molar-refractivity contribution in [2.45, 2.75) is 45.2 Å². The Kier molecular flexibility index (Phi) is 4.53. The van der Waals surface area contributed by atoms with Crippen molar-refractivity contribution in [2.24, 2.45) is 5.73 Å². The van der Waals surface area contributed by atoms with Crippen LogP contribution in [0.4, 0.5) is 0 Å². The smallest absolute Gasteiger partial charge is 0.140 e. The predicted octanol–water partition coefficient (Wildman–Crippen LogP) is 2.62. The molecule has 100 valence electrons. The zero-order valence-electron chi connectivity index (χ0n) is 11.3. The minimum Gasteiger partial charge on any atom is -0.332 e. The quantitative estimate of drug-likeness (QED) is 0.808. The van der Waals surface area contributed by atoms with Crippen molar-refractivity contribution in [1.29, 1.82) is 5.26 Å². The highest BCUT2D eigenvalue weighted by atomic mass is 15.0. The number of nitrogens with zero attached hydrogens (tertiary/aromatic N) is 3. The van der Waals surface area contributed by atoms with Gasteiger partial charge in [-0.15, -0.1) is 0 Å². The van der Waals surface area contributed by atoms with Crippen LogP contribution in [-0.2, 0) is 13.0 Å². The zero-order chi connectivity index (χ0) is 13.7. The molecule has 0 fully saturated rings. The van der Waals surface area contributed by atoms with E-state index in [-0.39, 0.29) is 6.04 Å². The monoisotopic (exact) mass is 256 g/mol. The summed E-state index contributed by atoms with van der Waals surface area (Å²) in [6.07, 6.45) is 7.25. The highest BCUT2D eigenvalue weighted by molar-refractivity contribution is 5.80. The lowest BCUT2D eigenvalue weighted by molar-refractivity contribution is 0.638. The van der Waals surface area contributed by atoms with Crippen molar-refractivity contribution in [3.05, 3.63) is 30.1 Å². The molecule has 0 saturated heterocycles. The van der Waals surface area contributed by atoms with Gasteiger partial charge in [-0.05, 0) is 37.0 Å². The highest BCUT2D eigenvalue weighted by Gasteiger charge is 2.11. The average molecular weight is 256 g/mol. The van der Waals surface area contributed by atoms with Gasteiger partial charge in [-0.2, -0.15) is 5.26 Å². The maximum atomic E-state index is 8.62. The molecule has 0 aromatic carbocycles. The first-order valence-corrected chi connectivity index (χ1v) is 6.81. The maximum Gasteiger partial charge on any atom is 0.140 e. The summed E-state index contributed by atoms with van der Waals surface area (Å²) in [6, 6.07) is 6.43. The van der Waals surface area contributed by atoms with Gasteiger partial charge in [0.15, 0.2) is 0 Å². The maximum absolute atomic E-state index is 8.62. The summed E-state index contributed by atoms with van der Waals surface area (Å²) >= 11 is 0. The van der Waals surface area contributed by atoms with Crippen LogP contribution in [0.1, 0.15) is 31.7 Å². The Morgan fingerprint density at radius 3 is 3.11 bits per heavy atom. The first kappa shape index (κ1) is 13.6. The van der Waals surface area contributed by atoms with Crippen LogP contribution in [0.15, 0.2) is 24.5 Å². The number of aromatic nitrogens is 2. The van der Waals surface area contributed by atoms with Crippen LogP contribution in [0.2, 0.25) is 0 Å². The largest absolute Gasteiger partial charge is 0.332 e. The van der Waals surface area contributed by atoms with E-state index >= 15 is 0 Å². The van der Waals surface area contributed by atoms with Gasteiger partial charge < -0.3 is 10.3 Å². The second-order valence-corrected chi connectivity index (χ2v) is 4.86. The molecule has 0 radical (unpaired) electrons. The third-order valence-corrected chi connectivity index (χ3v) is 3.41. The molecular formula is C15H20N4. The minimum atomic E-state index is 0.193. The van der Waals surface area contributed by atoms with E-state index in [1.807, 2.05) is 12.3 Å². The summed E-state index contributed by atoms with van der Waals surface area (Å²) in [5.74, 6) is 0. The fraction of sp³-hybridized carbons (Fsp3) is 0.467. The molecule has 4 nitrogen and oxygen atoms in total.